The van der Waals surface area contributed by atoms with Crippen molar-refractivity contribution in [2.24, 2.45) is 7.05 Å². The van der Waals surface area contributed by atoms with Crippen LogP contribution in [0.4, 0.5) is 0 Å². The van der Waals surface area contributed by atoms with Crippen LogP contribution in [0.5, 0.6) is 5.75 Å². The third-order valence-electron chi connectivity index (χ3n) is 3.18. The first kappa shape index (κ1) is 12.6. The molecular weight excluding hydrogens is 226 g/mol. The van der Waals surface area contributed by atoms with E-state index in [4.69, 9.17) is 0 Å². The van der Waals surface area contributed by atoms with Crippen molar-refractivity contribution >= 4 is 0 Å². The van der Waals surface area contributed by atoms with Gasteiger partial charge in [0.2, 0.25) is 0 Å². The standard InChI is InChI=1S/C14H19N3O/c1-11-13(10-16-17(11)2)9-15-8-7-12-3-5-14(18)6-4-12/h3-6,10,15,18H,7-9H2,1-2H3. The summed E-state index contributed by atoms with van der Waals surface area (Å²) in [5.74, 6) is 0.317. The normalized spacial score (nSPS) is 10.8. The van der Waals surface area contributed by atoms with Crippen LogP contribution >= 0.6 is 0 Å². The number of hydrogen-bond donors (Lipinski definition) is 2. The summed E-state index contributed by atoms with van der Waals surface area (Å²) in [4.78, 5) is 0. The fourth-order valence-corrected chi connectivity index (χ4v) is 1.84. The summed E-state index contributed by atoms with van der Waals surface area (Å²) in [5.41, 5.74) is 3.67. The van der Waals surface area contributed by atoms with Gasteiger partial charge in [0.1, 0.15) is 5.75 Å². The van der Waals surface area contributed by atoms with E-state index < -0.39 is 0 Å². The highest BCUT2D eigenvalue weighted by Gasteiger charge is 2.02. The third-order valence-corrected chi connectivity index (χ3v) is 3.18. The number of nitrogens with zero attached hydrogens (tertiary/aromatic N) is 2. The first-order chi connectivity index (χ1) is 8.66. The summed E-state index contributed by atoms with van der Waals surface area (Å²) < 4.78 is 1.89. The minimum atomic E-state index is 0.317. The largest absolute Gasteiger partial charge is 0.508 e. The second kappa shape index (κ2) is 5.69. The second-order valence-electron chi connectivity index (χ2n) is 4.47. The van der Waals surface area contributed by atoms with E-state index in [9.17, 15) is 5.11 Å². The van der Waals surface area contributed by atoms with Gasteiger partial charge < -0.3 is 10.4 Å². The van der Waals surface area contributed by atoms with Gasteiger partial charge >= 0.3 is 0 Å². The molecule has 2 aromatic rings. The predicted molar refractivity (Wildman–Crippen MR) is 71.5 cm³/mol. The number of aromatic hydroxyl groups is 1. The molecule has 1 aromatic carbocycles. The fourth-order valence-electron chi connectivity index (χ4n) is 1.84. The number of phenols is 1. The van der Waals surface area contributed by atoms with Crippen molar-refractivity contribution in [2.45, 2.75) is 19.9 Å². The highest BCUT2D eigenvalue weighted by molar-refractivity contribution is 5.26. The van der Waals surface area contributed by atoms with Crippen molar-refractivity contribution in [3.8, 4) is 5.75 Å². The molecule has 2 N–H and O–H groups in total. The molecule has 2 rings (SSSR count). The molecule has 0 amide bonds. The van der Waals surface area contributed by atoms with E-state index in [1.165, 1.54) is 16.8 Å². The lowest BCUT2D eigenvalue weighted by Crippen LogP contribution is -2.17. The van der Waals surface area contributed by atoms with Crippen LogP contribution in [0.15, 0.2) is 30.5 Å². The fraction of sp³-hybridized carbons (Fsp3) is 0.357. The monoisotopic (exact) mass is 245 g/mol. The van der Waals surface area contributed by atoms with Gasteiger partial charge in [-0.25, -0.2) is 0 Å². The van der Waals surface area contributed by atoms with E-state index in [2.05, 4.69) is 17.3 Å². The molecule has 0 radical (unpaired) electrons. The van der Waals surface area contributed by atoms with Crippen LogP contribution in [0.25, 0.3) is 0 Å². The molecule has 0 bridgehead atoms. The average molecular weight is 245 g/mol. The number of aryl methyl sites for hydroxylation is 1. The molecule has 0 spiro atoms. The lowest BCUT2D eigenvalue weighted by Gasteiger charge is -2.05. The molecule has 96 valence electrons. The number of hydrogen-bond acceptors (Lipinski definition) is 3. The Balaban J connectivity index is 1.76. The van der Waals surface area contributed by atoms with Crippen molar-refractivity contribution in [3.05, 3.63) is 47.3 Å². The molecule has 1 heterocycles. The van der Waals surface area contributed by atoms with Gasteiger partial charge in [-0.2, -0.15) is 5.10 Å². The molecule has 4 heteroatoms. The minimum absolute atomic E-state index is 0.317. The van der Waals surface area contributed by atoms with Crippen LogP contribution in [-0.2, 0) is 20.0 Å². The van der Waals surface area contributed by atoms with Crippen LogP contribution in [0.1, 0.15) is 16.8 Å². The van der Waals surface area contributed by atoms with E-state index in [1.54, 1.807) is 12.1 Å². The maximum Gasteiger partial charge on any atom is 0.115 e. The van der Waals surface area contributed by atoms with Gasteiger partial charge in [0.25, 0.3) is 0 Å². The quantitative estimate of drug-likeness (QED) is 0.789. The lowest BCUT2D eigenvalue weighted by atomic mass is 10.1. The second-order valence-corrected chi connectivity index (χ2v) is 4.47. The van der Waals surface area contributed by atoms with Gasteiger partial charge in [0, 0.05) is 24.8 Å². The van der Waals surface area contributed by atoms with Gasteiger partial charge in [-0.3, -0.25) is 4.68 Å². The van der Waals surface area contributed by atoms with Crippen molar-refractivity contribution in [2.75, 3.05) is 6.54 Å². The van der Waals surface area contributed by atoms with E-state index in [1.807, 2.05) is 30.1 Å². The summed E-state index contributed by atoms with van der Waals surface area (Å²) in [7, 11) is 1.95. The molecule has 0 unspecified atom stereocenters. The average Bonchev–Trinajstić information content (AvgIpc) is 2.68. The van der Waals surface area contributed by atoms with Gasteiger partial charge in [-0.1, -0.05) is 12.1 Å². The molecule has 0 aliphatic carbocycles. The van der Waals surface area contributed by atoms with Crippen LogP contribution in [0.3, 0.4) is 0 Å². The van der Waals surface area contributed by atoms with Gasteiger partial charge in [0.15, 0.2) is 0 Å². The molecule has 0 fully saturated rings. The molecule has 0 atom stereocenters. The van der Waals surface area contributed by atoms with E-state index in [-0.39, 0.29) is 0 Å². The van der Waals surface area contributed by atoms with Crippen LogP contribution in [0.2, 0.25) is 0 Å². The topological polar surface area (TPSA) is 50.1 Å². The Bertz CT molecular complexity index is 502. The summed E-state index contributed by atoms with van der Waals surface area (Å²) >= 11 is 0. The van der Waals surface area contributed by atoms with E-state index in [0.717, 1.165) is 19.5 Å². The third kappa shape index (κ3) is 3.11. The van der Waals surface area contributed by atoms with Gasteiger partial charge in [-0.15, -0.1) is 0 Å². The van der Waals surface area contributed by atoms with Crippen molar-refractivity contribution < 1.29 is 5.11 Å². The highest BCUT2D eigenvalue weighted by atomic mass is 16.3. The van der Waals surface area contributed by atoms with Crippen molar-refractivity contribution in [1.29, 1.82) is 0 Å². The maximum atomic E-state index is 9.18. The first-order valence-electron chi connectivity index (χ1n) is 6.13. The van der Waals surface area contributed by atoms with Crippen LogP contribution in [0, 0.1) is 6.92 Å². The number of benzene rings is 1. The predicted octanol–water partition coefficient (Wildman–Crippen LogP) is 1.77. The van der Waals surface area contributed by atoms with Crippen LogP contribution in [-0.4, -0.2) is 21.4 Å². The van der Waals surface area contributed by atoms with Gasteiger partial charge in [0.05, 0.1) is 6.20 Å². The Hall–Kier alpha value is -1.81. The zero-order valence-corrected chi connectivity index (χ0v) is 10.8. The number of phenolic OH excluding ortho intramolecular Hbond substituents is 1. The molecule has 0 aliphatic heterocycles. The maximum absolute atomic E-state index is 9.18. The Labute approximate surface area is 107 Å². The molecule has 0 aliphatic rings. The summed E-state index contributed by atoms with van der Waals surface area (Å²) in [6.45, 7) is 3.83. The van der Waals surface area contributed by atoms with Crippen molar-refractivity contribution in [1.82, 2.24) is 15.1 Å². The number of rotatable bonds is 5. The molecule has 0 saturated heterocycles. The first-order valence-corrected chi connectivity index (χ1v) is 6.13. The summed E-state index contributed by atoms with van der Waals surface area (Å²) in [6, 6.07) is 7.35. The number of aromatic nitrogens is 2. The Morgan fingerprint density at radius 1 is 1.28 bits per heavy atom. The Morgan fingerprint density at radius 3 is 2.61 bits per heavy atom. The Kier molecular flexibility index (Phi) is 3.99. The highest BCUT2D eigenvalue weighted by Crippen LogP contribution is 2.10. The van der Waals surface area contributed by atoms with Crippen LogP contribution < -0.4 is 5.32 Å². The lowest BCUT2D eigenvalue weighted by molar-refractivity contribution is 0.475. The summed E-state index contributed by atoms with van der Waals surface area (Å²) in [6.07, 6.45) is 2.86. The Morgan fingerprint density at radius 2 is 2.00 bits per heavy atom. The minimum Gasteiger partial charge on any atom is -0.508 e. The molecule has 1 aromatic heterocycles. The molecule has 0 saturated carbocycles. The number of nitrogens with one attached hydrogen (secondary N) is 1. The molecule has 18 heavy (non-hydrogen) atoms. The zero-order chi connectivity index (χ0) is 13.0. The summed E-state index contributed by atoms with van der Waals surface area (Å²) in [5, 5.41) is 16.8. The van der Waals surface area contributed by atoms with Gasteiger partial charge in [-0.05, 0) is 37.6 Å². The van der Waals surface area contributed by atoms with Crippen molar-refractivity contribution in [3.63, 3.8) is 0 Å². The van der Waals surface area contributed by atoms with E-state index in [0.29, 0.717) is 5.75 Å². The van der Waals surface area contributed by atoms with E-state index >= 15 is 0 Å². The zero-order valence-electron chi connectivity index (χ0n) is 10.8. The molecule has 4 nitrogen and oxygen atoms in total. The SMILES string of the molecule is Cc1c(CNCCc2ccc(O)cc2)cnn1C. The smallest absolute Gasteiger partial charge is 0.115 e. The molecular formula is C14H19N3O.